The van der Waals surface area contributed by atoms with E-state index >= 15 is 0 Å². The van der Waals surface area contributed by atoms with Crippen molar-refractivity contribution < 1.29 is 14.6 Å². The molecule has 2 aromatic rings. The Morgan fingerprint density at radius 2 is 2.23 bits per heavy atom. The number of aromatic carboxylic acids is 1. The number of carbonyl (C=O) groups is 1. The van der Waals surface area contributed by atoms with Gasteiger partial charge >= 0.3 is 5.97 Å². The lowest BCUT2D eigenvalue weighted by atomic mass is 10.0. The Balaban J connectivity index is 2.19. The van der Waals surface area contributed by atoms with Crippen molar-refractivity contribution in [1.29, 1.82) is 0 Å². The summed E-state index contributed by atoms with van der Waals surface area (Å²) in [5, 5.41) is 9.70. The Hall–Kier alpha value is -2.34. The normalized spacial score (nSPS) is 13.6. The number of aromatic nitrogens is 2. The minimum atomic E-state index is -1.06. The zero-order valence-corrected chi connectivity index (χ0v) is 12.7. The number of hydrogen-bond donors (Lipinski definition) is 1. The van der Waals surface area contributed by atoms with Crippen LogP contribution in [0.1, 0.15) is 16.8 Å². The Morgan fingerprint density at radius 3 is 2.82 bits per heavy atom. The molecule has 3 rings (SSSR count). The molecule has 1 saturated heterocycles. The maximum Gasteiger partial charge on any atom is 0.336 e. The van der Waals surface area contributed by atoms with Crippen LogP contribution in [0.5, 0.6) is 5.75 Å². The number of nitrogens with zero attached hydrogens (tertiary/aromatic N) is 3. The highest BCUT2D eigenvalue weighted by atomic mass is 35.5. The summed E-state index contributed by atoms with van der Waals surface area (Å²) in [6.45, 7) is 1.72. The molecule has 0 amide bonds. The third-order valence-electron chi connectivity index (χ3n) is 3.65. The number of carboxylic acids is 1. The summed E-state index contributed by atoms with van der Waals surface area (Å²) in [4.78, 5) is 22.0. The molecule has 0 radical (unpaired) electrons. The second kappa shape index (κ2) is 5.81. The maximum atomic E-state index is 11.7. The van der Waals surface area contributed by atoms with Gasteiger partial charge < -0.3 is 14.7 Å². The minimum Gasteiger partial charge on any atom is -0.494 e. The van der Waals surface area contributed by atoms with Gasteiger partial charge in [0.1, 0.15) is 16.7 Å². The number of ether oxygens (including phenoxy) is 1. The van der Waals surface area contributed by atoms with Crippen LogP contribution in [-0.2, 0) is 0 Å². The third-order valence-corrected chi connectivity index (χ3v) is 3.92. The van der Waals surface area contributed by atoms with E-state index in [0.29, 0.717) is 22.7 Å². The van der Waals surface area contributed by atoms with E-state index in [-0.39, 0.29) is 10.7 Å². The largest absolute Gasteiger partial charge is 0.494 e. The highest BCUT2D eigenvalue weighted by molar-refractivity contribution is 6.33. The summed E-state index contributed by atoms with van der Waals surface area (Å²) in [6.07, 6.45) is 4.14. The van der Waals surface area contributed by atoms with Crippen molar-refractivity contribution in [3.05, 3.63) is 35.2 Å². The molecule has 0 aromatic carbocycles. The standard InChI is InChI=1S/C15H14ClN3O3/c1-22-11-8-17-4-3-9(11)13-10(15(20)21)7-12(18-14(13)16)19-5-2-6-19/h3-4,7-8H,2,5-6H2,1H3,(H,20,21). The molecule has 1 aliphatic rings. The van der Waals surface area contributed by atoms with E-state index in [2.05, 4.69) is 9.97 Å². The quantitative estimate of drug-likeness (QED) is 0.873. The van der Waals surface area contributed by atoms with E-state index in [1.165, 1.54) is 13.3 Å². The molecule has 3 heterocycles. The van der Waals surface area contributed by atoms with E-state index in [4.69, 9.17) is 16.3 Å². The number of anilines is 1. The van der Waals surface area contributed by atoms with Crippen LogP contribution in [0.25, 0.3) is 11.1 Å². The fourth-order valence-corrected chi connectivity index (χ4v) is 2.67. The van der Waals surface area contributed by atoms with Crippen molar-refractivity contribution in [3.8, 4) is 16.9 Å². The van der Waals surface area contributed by atoms with Crippen molar-refractivity contribution >= 4 is 23.4 Å². The first kappa shape index (κ1) is 14.6. The summed E-state index contributed by atoms with van der Waals surface area (Å²) < 4.78 is 5.25. The van der Waals surface area contributed by atoms with E-state index in [9.17, 15) is 9.90 Å². The maximum absolute atomic E-state index is 11.7. The van der Waals surface area contributed by atoms with Gasteiger partial charge in [-0.1, -0.05) is 11.6 Å². The Kier molecular flexibility index (Phi) is 3.85. The average molecular weight is 320 g/mol. The number of halogens is 1. The van der Waals surface area contributed by atoms with E-state index < -0.39 is 5.97 Å². The van der Waals surface area contributed by atoms with Crippen molar-refractivity contribution in [1.82, 2.24) is 9.97 Å². The molecule has 114 valence electrons. The smallest absolute Gasteiger partial charge is 0.336 e. The van der Waals surface area contributed by atoms with Gasteiger partial charge in [-0.3, -0.25) is 4.98 Å². The first-order valence-corrected chi connectivity index (χ1v) is 7.16. The molecular formula is C15H14ClN3O3. The Morgan fingerprint density at radius 1 is 1.45 bits per heavy atom. The van der Waals surface area contributed by atoms with Crippen LogP contribution >= 0.6 is 11.6 Å². The second-order valence-corrected chi connectivity index (χ2v) is 5.27. The lowest BCUT2D eigenvalue weighted by Crippen LogP contribution is -2.37. The molecule has 1 fully saturated rings. The molecule has 0 bridgehead atoms. The molecule has 0 atom stereocenters. The topological polar surface area (TPSA) is 75.6 Å². The molecule has 22 heavy (non-hydrogen) atoms. The Bertz CT molecular complexity index is 732. The highest BCUT2D eigenvalue weighted by Gasteiger charge is 2.24. The minimum absolute atomic E-state index is 0.103. The number of hydrogen-bond acceptors (Lipinski definition) is 5. The highest BCUT2D eigenvalue weighted by Crippen LogP contribution is 2.38. The number of carboxylic acid groups (broad SMARTS) is 1. The van der Waals surface area contributed by atoms with Gasteiger partial charge in [0.15, 0.2) is 0 Å². The van der Waals surface area contributed by atoms with Gasteiger partial charge in [-0.25, -0.2) is 9.78 Å². The van der Waals surface area contributed by atoms with E-state index in [0.717, 1.165) is 19.5 Å². The fourth-order valence-electron chi connectivity index (χ4n) is 2.38. The van der Waals surface area contributed by atoms with Crippen molar-refractivity contribution in [2.24, 2.45) is 0 Å². The molecular weight excluding hydrogens is 306 g/mol. The van der Waals surface area contributed by atoms with Crippen LogP contribution < -0.4 is 9.64 Å². The van der Waals surface area contributed by atoms with Gasteiger partial charge in [0.2, 0.25) is 0 Å². The van der Waals surface area contributed by atoms with Gasteiger partial charge in [-0.05, 0) is 18.6 Å². The predicted molar refractivity (Wildman–Crippen MR) is 82.8 cm³/mol. The summed E-state index contributed by atoms with van der Waals surface area (Å²) in [5.74, 6) is -0.0178. The van der Waals surface area contributed by atoms with Crippen molar-refractivity contribution in [3.63, 3.8) is 0 Å². The van der Waals surface area contributed by atoms with Crippen LogP contribution in [0.15, 0.2) is 24.5 Å². The average Bonchev–Trinajstić information content (AvgIpc) is 2.45. The number of methoxy groups -OCH3 is 1. The first-order chi connectivity index (χ1) is 10.6. The number of rotatable bonds is 4. The van der Waals surface area contributed by atoms with E-state index in [1.807, 2.05) is 4.90 Å². The molecule has 7 heteroatoms. The summed E-state index contributed by atoms with van der Waals surface area (Å²) in [5.41, 5.74) is 1.01. The molecule has 0 spiro atoms. The third kappa shape index (κ3) is 2.46. The zero-order valence-electron chi connectivity index (χ0n) is 11.9. The molecule has 1 N–H and O–H groups in total. The van der Waals surface area contributed by atoms with Crippen molar-refractivity contribution in [2.45, 2.75) is 6.42 Å². The Labute approximate surface area is 132 Å². The zero-order chi connectivity index (χ0) is 15.7. The van der Waals surface area contributed by atoms with Gasteiger partial charge in [-0.2, -0.15) is 0 Å². The van der Waals surface area contributed by atoms with Crippen LogP contribution in [0.4, 0.5) is 5.82 Å². The van der Waals surface area contributed by atoms with Crippen LogP contribution in [-0.4, -0.2) is 41.2 Å². The lowest BCUT2D eigenvalue weighted by Gasteiger charge is -2.32. The summed E-state index contributed by atoms with van der Waals surface area (Å²) in [6, 6.07) is 3.22. The molecule has 1 aliphatic heterocycles. The fraction of sp³-hybridized carbons (Fsp3) is 0.267. The van der Waals surface area contributed by atoms with Gasteiger partial charge in [0.05, 0.1) is 18.9 Å². The van der Waals surface area contributed by atoms with Crippen LogP contribution in [0, 0.1) is 0 Å². The van der Waals surface area contributed by atoms with Gasteiger partial charge in [0.25, 0.3) is 0 Å². The second-order valence-electron chi connectivity index (χ2n) is 4.92. The van der Waals surface area contributed by atoms with Gasteiger partial charge in [0, 0.05) is 30.4 Å². The SMILES string of the molecule is COc1cnccc1-c1c(C(=O)O)cc(N2CCC2)nc1Cl. The predicted octanol–water partition coefficient (Wildman–Crippen LogP) is 2.71. The molecule has 6 nitrogen and oxygen atoms in total. The van der Waals surface area contributed by atoms with Crippen LogP contribution in [0.3, 0.4) is 0 Å². The molecule has 0 unspecified atom stereocenters. The van der Waals surface area contributed by atoms with Crippen molar-refractivity contribution in [2.75, 3.05) is 25.1 Å². The molecule has 0 saturated carbocycles. The van der Waals surface area contributed by atoms with Gasteiger partial charge in [-0.15, -0.1) is 0 Å². The lowest BCUT2D eigenvalue weighted by molar-refractivity contribution is 0.0697. The van der Waals surface area contributed by atoms with E-state index in [1.54, 1.807) is 18.3 Å². The molecule has 2 aromatic heterocycles. The first-order valence-electron chi connectivity index (χ1n) is 6.79. The number of pyridine rings is 2. The molecule has 0 aliphatic carbocycles. The monoisotopic (exact) mass is 319 g/mol. The van der Waals surface area contributed by atoms with Crippen LogP contribution in [0.2, 0.25) is 5.15 Å². The summed E-state index contributed by atoms with van der Waals surface area (Å²) >= 11 is 6.29. The summed E-state index contributed by atoms with van der Waals surface area (Å²) in [7, 11) is 1.50.